The van der Waals surface area contributed by atoms with Crippen molar-refractivity contribution in [1.29, 1.82) is 0 Å². The third-order valence-electron chi connectivity index (χ3n) is 2.83. The highest BCUT2D eigenvalue weighted by atomic mass is 32.2. The van der Waals surface area contributed by atoms with Crippen molar-refractivity contribution in [3.63, 3.8) is 0 Å². The first kappa shape index (κ1) is 15.1. The van der Waals surface area contributed by atoms with Crippen LogP contribution in [0.1, 0.15) is 12.5 Å². The Balaban J connectivity index is 2.10. The quantitative estimate of drug-likeness (QED) is 0.813. The maximum atomic E-state index is 12.2. The Morgan fingerprint density at radius 3 is 2.19 bits per heavy atom. The summed E-state index contributed by atoms with van der Waals surface area (Å²) in [5.41, 5.74) is 1.63. The Hall–Kier alpha value is -2.31. The molecule has 0 radical (unpaired) electrons. The lowest BCUT2D eigenvalue weighted by molar-refractivity contribution is 0.598. The van der Waals surface area contributed by atoms with E-state index in [1.807, 2.05) is 30.3 Å². The predicted molar refractivity (Wildman–Crippen MR) is 85.6 cm³/mol. The van der Waals surface area contributed by atoms with Crippen molar-refractivity contribution in [3.8, 4) is 11.8 Å². The van der Waals surface area contributed by atoms with Gasteiger partial charge in [-0.15, -0.1) is 0 Å². The molecule has 106 valence electrons. The highest BCUT2D eigenvalue weighted by molar-refractivity contribution is 7.91. The lowest BCUT2D eigenvalue weighted by atomic mass is 10.2. The standard InChI is InChI=1S/C18H16O2S/c1-16(9-8-12-17-10-4-2-5-11-17)15-21(19,20)18-13-6-3-7-14-18/h2-7,9-11,13-14H,15H2,1H3/b16-9-. The largest absolute Gasteiger partial charge is 0.223 e. The minimum absolute atomic E-state index is 0.0134. The molecule has 0 unspecified atom stereocenters. The molecule has 0 spiro atoms. The van der Waals surface area contributed by atoms with E-state index in [-0.39, 0.29) is 5.75 Å². The zero-order chi connectivity index (χ0) is 15.1. The van der Waals surface area contributed by atoms with Gasteiger partial charge in [0.1, 0.15) is 0 Å². The summed E-state index contributed by atoms with van der Waals surface area (Å²) in [6, 6.07) is 18.1. The molecule has 2 aromatic carbocycles. The van der Waals surface area contributed by atoms with Gasteiger partial charge in [-0.05, 0) is 42.8 Å². The van der Waals surface area contributed by atoms with Crippen molar-refractivity contribution in [1.82, 2.24) is 0 Å². The van der Waals surface area contributed by atoms with Crippen LogP contribution >= 0.6 is 0 Å². The molecule has 0 saturated carbocycles. The maximum Gasteiger partial charge on any atom is 0.182 e. The van der Waals surface area contributed by atoms with Gasteiger partial charge in [-0.3, -0.25) is 0 Å². The van der Waals surface area contributed by atoms with E-state index in [9.17, 15) is 8.42 Å². The van der Waals surface area contributed by atoms with E-state index in [0.717, 1.165) is 11.1 Å². The van der Waals surface area contributed by atoms with E-state index in [1.165, 1.54) is 0 Å². The fraction of sp³-hybridized carbons (Fsp3) is 0.111. The topological polar surface area (TPSA) is 34.1 Å². The molecule has 0 N–H and O–H groups in total. The number of benzene rings is 2. The second kappa shape index (κ2) is 6.92. The van der Waals surface area contributed by atoms with Crippen LogP contribution < -0.4 is 0 Å². The Kier molecular flexibility index (Phi) is 4.97. The average Bonchev–Trinajstić information content (AvgIpc) is 2.49. The molecule has 21 heavy (non-hydrogen) atoms. The summed E-state index contributed by atoms with van der Waals surface area (Å²) in [5.74, 6) is 5.87. The van der Waals surface area contributed by atoms with E-state index in [1.54, 1.807) is 43.3 Å². The molecule has 0 aliphatic rings. The summed E-state index contributed by atoms with van der Waals surface area (Å²) in [7, 11) is -3.29. The van der Waals surface area contributed by atoms with Gasteiger partial charge in [0.25, 0.3) is 0 Å². The molecule has 0 saturated heterocycles. The van der Waals surface area contributed by atoms with Gasteiger partial charge in [0, 0.05) is 5.56 Å². The second-order valence-corrected chi connectivity index (χ2v) is 6.69. The zero-order valence-electron chi connectivity index (χ0n) is 11.8. The summed E-state index contributed by atoms with van der Waals surface area (Å²) in [4.78, 5) is 0.341. The van der Waals surface area contributed by atoms with Crippen LogP contribution in [0.4, 0.5) is 0 Å². The van der Waals surface area contributed by atoms with Gasteiger partial charge in [0.15, 0.2) is 9.84 Å². The van der Waals surface area contributed by atoms with E-state index >= 15 is 0 Å². The summed E-state index contributed by atoms with van der Waals surface area (Å²) < 4.78 is 24.4. The average molecular weight is 296 g/mol. The van der Waals surface area contributed by atoms with Crippen molar-refractivity contribution in [2.24, 2.45) is 0 Å². The zero-order valence-corrected chi connectivity index (χ0v) is 12.6. The molecule has 2 nitrogen and oxygen atoms in total. The summed E-state index contributed by atoms with van der Waals surface area (Å²) in [5, 5.41) is 0. The molecule has 0 aliphatic heterocycles. The molecule has 0 bridgehead atoms. The van der Waals surface area contributed by atoms with E-state index < -0.39 is 9.84 Å². The van der Waals surface area contributed by atoms with Crippen molar-refractivity contribution in [2.75, 3.05) is 5.75 Å². The van der Waals surface area contributed by atoms with Crippen molar-refractivity contribution >= 4 is 9.84 Å². The highest BCUT2D eigenvalue weighted by Crippen LogP contribution is 2.13. The fourth-order valence-corrected chi connectivity index (χ4v) is 3.24. The molecule has 0 fully saturated rings. The Bertz CT molecular complexity index is 777. The minimum atomic E-state index is -3.29. The van der Waals surface area contributed by atoms with E-state index in [0.29, 0.717) is 4.90 Å². The third-order valence-corrected chi connectivity index (χ3v) is 4.65. The SMILES string of the molecule is C/C(=C/C#Cc1ccccc1)CS(=O)(=O)c1ccccc1. The number of rotatable bonds is 3. The van der Waals surface area contributed by atoms with Crippen LogP contribution in [0.2, 0.25) is 0 Å². The Morgan fingerprint density at radius 1 is 1.00 bits per heavy atom. The van der Waals surface area contributed by atoms with Gasteiger partial charge in [0.2, 0.25) is 0 Å². The van der Waals surface area contributed by atoms with Crippen LogP contribution in [0.15, 0.2) is 77.2 Å². The van der Waals surface area contributed by atoms with Crippen LogP contribution in [0, 0.1) is 11.8 Å². The van der Waals surface area contributed by atoms with Gasteiger partial charge < -0.3 is 0 Å². The predicted octanol–water partition coefficient (Wildman–Crippen LogP) is 3.46. The lowest BCUT2D eigenvalue weighted by Crippen LogP contribution is -2.07. The summed E-state index contributed by atoms with van der Waals surface area (Å²) in [6.45, 7) is 1.78. The van der Waals surface area contributed by atoms with Crippen molar-refractivity contribution in [2.45, 2.75) is 11.8 Å². The van der Waals surface area contributed by atoms with Gasteiger partial charge in [-0.2, -0.15) is 0 Å². The maximum absolute atomic E-state index is 12.2. The molecule has 0 amide bonds. The van der Waals surface area contributed by atoms with Crippen LogP contribution in [-0.2, 0) is 9.84 Å². The second-order valence-electron chi connectivity index (χ2n) is 4.70. The van der Waals surface area contributed by atoms with Gasteiger partial charge in [-0.1, -0.05) is 48.2 Å². The normalized spacial score (nSPS) is 11.6. The third kappa shape index (κ3) is 4.62. The molecule has 2 aromatic rings. The first-order valence-corrected chi connectivity index (χ1v) is 8.23. The molecule has 3 heteroatoms. The molecule has 0 atom stereocenters. The molecule has 0 aliphatic carbocycles. The van der Waals surface area contributed by atoms with Crippen molar-refractivity contribution < 1.29 is 8.42 Å². The van der Waals surface area contributed by atoms with Gasteiger partial charge >= 0.3 is 0 Å². The number of hydrogen-bond acceptors (Lipinski definition) is 2. The van der Waals surface area contributed by atoms with Gasteiger partial charge in [0.05, 0.1) is 10.6 Å². The molecule has 0 heterocycles. The minimum Gasteiger partial charge on any atom is -0.223 e. The number of allylic oxidation sites excluding steroid dienone is 1. The van der Waals surface area contributed by atoms with Gasteiger partial charge in [-0.25, -0.2) is 8.42 Å². The van der Waals surface area contributed by atoms with Crippen LogP contribution in [0.5, 0.6) is 0 Å². The first-order chi connectivity index (χ1) is 10.1. The lowest BCUT2D eigenvalue weighted by Gasteiger charge is -2.03. The van der Waals surface area contributed by atoms with Crippen molar-refractivity contribution in [3.05, 3.63) is 77.9 Å². The molecule has 0 aromatic heterocycles. The monoisotopic (exact) mass is 296 g/mol. The highest BCUT2D eigenvalue weighted by Gasteiger charge is 2.13. The van der Waals surface area contributed by atoms with E-state index in [2.05, 4.69) is 11.8 Å². The van der Waals surface area contributed by atoms with Crippen LogP contribution in [-0.4, -0.2) is 14.2 Å². The Labute approximate surface area is 126 Å². The van der Waals surface area contributed by atoms with Crippen LogP contribution in [0.25, 0.3) is 0 Å². The summed E-state index contributed by atoms with van der Waals surface area (Å²) >= 11 is 0. The first-order valence-electron chi connectivity index (χ1n) is 6.58. The molecular weight excluding hydrogens is 280 g/mol. The fourth-order valence-electron chi connectivity index (χ4n) is 1.82. The number of hydrogen-bond donors (Lipinski definition) is 0. The van der Waals surface area contributed by atoms with E-state index in [4.69, 9.17) is 0 Å². The summed E-state index contributed by atoms with van der Waals surface area (Å²) in [6.07, 6.45) is 1.66. The number of sulfone groups is 1. The van der Waals surface area contributed by atoms with Crippen LogP contribution in [0.3, 0.4) is 0 Å². The molecular formula is C18H16O2S. The Morgan fingerprint density at radius 2 is 1.57 bits per heavy atom. The molecule has 2 rings (SSSR count). The smallest absolute Gasteiger partial charge is 0.182 e.